The van der Waals surface area contributed by atoms with Crippen LogP contribution in [0.15, 0.2) is 30.6 Å². The summed E-state index contributed by atoms with van der Waals surface area (Å²) in [4.78, 5) is 52.4. The summed E-state index contributed by atoms with van der Waals surface area (Å²) in [7, 11) is 0. The van der Waals surface area contributed by atoms with E-state index in [0.29, 0.717) is 30.4 Å². The molecule has 3 heterocycles. The predicted molar refractivity (Wildman–Crippen MR) is 137 cm³/mol. The van der Waals surface area contributed by atoms with Crippen molar-refractivity contribution in [1.82, 2.24) is 19.8 Å². The molecule has 0 spiro atoms. The van der Waals surface area contributed by atoms with Gasteiger partial charge in [-0.3, -0.25) is 9.59 Å². The molecule has 4 aliphatic rings. The maximum Gasteiger partial charge on any atom is 0.407 e. The van der Waals surface area contributed by atoms with Gasteiger partial charge in [-0.05, 0) is 42.9 Å². The molecule has 2 saturated carbocycles. The number of nitrogens with zero attached hydrogens (tertiary/aromatic N) is 5. The maximum atomic E-state index is 14.0. The van der Waals surface area contributed by atoms with Crippen LogP contribution < -0.4 is 10.2 Å². The molecule has 37 heavy (non-hydrogen) atoms. The quantitative estimate of drug-likeness (QED) is 0.595. The summed E-state index contributed by atoms with van der Waals surface area (Å²) in [5.41, 5.74) is 1.73. The van der Waals surface area contributed by atoms with Gasteiger partial charge in [0.25, 0.3) is 0 Å². The van der Waals surface area contributed by atoms with E-state index in [1.807, 2.05) is 24.0 Å². The summed E-state index contributed by atoms with van der Waals surface area (Å²) in [6.07, 6.45) is 3.38. The average molecular weight is 525 g/mol. The molecule has 0 bridgehead atoms. The van der Waals surface area contributed by atoms with Crippen molar-refractivity contribution in [1.29, 1.82) is 0 Å². The number of rotatable bonds is 6. The maximum absolute atomic E-state index is 14.0. The molecule has 3 fully saturated rings. The second kappa shape index (κ2) is 9.16. The van der Waals surface area contributed by atoms with E-state index in [9.17, 15) is 19.5 Å². The molecule has 194 valence electrons. The first-order chi connectivity index (χ1) is 17.8. The van der Waals surface area contributed by atoms with Crippen LogP contribution in [0.25, 0.3) is 0 Å². The molecule has 2 aliphatic heterocycles. The molecule has 10 nitrogen and oxygen atoms in total. The van der Waals surface area contributed by atoms with Crippen LogP contribution in [0.1, 0.15) is 55.6 Å². The van der Waals surface area contributed by atoms with Gasteiger partial charge in [-0.2, -0.15) is 0 Å². The Hall–Kier alpha value is -3.40. The number of anilines is 2. The minimum absolute atomic E-state index is 0.00974. The molecule has 2 N–H and O–H groups in total. The molecule has 1 aromatic carbocycles. The first kappa shape index (κ1) is 24.0. The van der Waals surface area contributed by atoms with E-state index in [0.717, 1.165) is 36.2 Å². The van der Waals surface area contributed by atoms with E-state index >= 15 is 0 Å². The SMILES string of the molecule is C[C@@H]1CC(=O)Nc2ncnc(N3CCN(C(=O)[C@H](CN(C(=O)O)C4CC4)c4ccc(Cl)cc4)[C@@H]4C[C@@H]43)c21. The van der Waals surface area contributed by atoms with Gasteiger partial charge in [-0.25, -0.2) is 14.8 Å². The lowest BCUT2D eigenvalue weighted by atomic mass is 9.94. The molecule has 1 saturated heterocycles. The predicted octanol–water partition coefficient (Wildman–Crippen LogP) is 3.29. The van der Waals surface area contributed by atoms with Crippen molar-refractivity contribution in [3.05, 3.63) is 46.7 Å². The highest BCUT2D eigenvalue weighted by atomic mass is 35.5. The van der Waals surface area contributed by atoms with Crippen molar-refractivity contribution < 1.29 is 19.5 Å². The van der Waals surface area contributed by atoms with Crippen molar-refractivity contribution in [2.75, 3.05) is 29.9 Å². The van der Waals surface area contributed by atoms with Gasteiger partial charge in [0.05, 0.1) is 18.0 Å². The number of carboxylic acid groups (broad SMARTS) is 1. The average Bonchev–Trinajstić information content (AvgIpc) is 3.78. The van der Waals surface area contributed by atoms with Crippen LogP contribution >= 0.6 is 11.6 Å². The molecule has 0 unspecified atom stereocenters. The fraction of sp³-hybridized carbons (Fsp3) is 0.500. The third-order valence-corrected chi connectivity index (χ3v) is 8.20. The van der Waals surface area contributed by atoms with Gasteiger partial charge in [0.15, 0.2) is 0 Å². The Morgan fingerprint density at radius 2 is 1.95 bits per heavy atom. The summed E-state index contributed by atoms with van der Waals surface area (Å²) in [6, 6.07) is 7.28. The molecule has 1 aromatic heterocycles. The van der Waals surface area contributed by atoms with Crippen LogP contribution in [-0.4, -0.2) is 80.5 Å². The number of halogens is 1. The molecule has 11 heteroatoms. The molecular formula is C26H29ClN6O4. The van der Waals surface area contributed by atoms with Gasteiger partial charge in [0.2, 0.25) is 11.8 Å². The lowest BCUT2D eigenvalue weighted by Crippen LogP contribution is -2.52. The first-order valence-corrected chi connectivity index (χ1v) is 13.2. The number of hydrogen-bond donors (Lipinski definition) is 2. The normalized spacial score (nSPS) is 25.0. The van der Waals surface area contributed by atoms with Crippen LogP contribution in [0.2, 0.25) is 5.02 Å². The molecule has 2 aromatic rings. The van der Waals surface area contributed by atoms with Crippen molar-refractivity contribution in [3.63, 3.8) is 0 Å². The first-order valence-electron chi connectivity index (χ1n) is 12.8. The van der Waals surface area contributed by atoms with Crippen LogP contribution in [0, 0.1) is 0 Å². The van der Waals surface area contributed by atoms with Crippen LogP contribution in [-0.2, 0) is 9.59 Å². The van der Waals surface area contributed by atoms with Gasteiger partial charge < -0.3 is 25.1 Å². The lowest BCUT2D eigenvalue weighted by Gasteiger charge is -2.38. The zero-order valence-corrected chi connectivity index (χ0v) is 21.3. The zero-order chi connectivity index (χ0) is 25.8. The van der Waals surface area contributed by atoms with Crippen LogP contribution in [0.5, 0.6) is 0 Å². The fourth-order valence-corrected chi connectivity index (χ4v) is 5.97. The second-order valence-electron chi connectivity index (χ2n) is 10.5. The number of nitrogens with one attached hydrogen (secondary N) is 1. The number of carbonyl (C=O) groups excluding carboxylic acids is 2. The molecule has 4 atom stereocenters. The lowest BCUT2D eigenvalue weighted by molar-refractivity contribution is -0.134. The van der Waals surface area contributed by atoms with Crippen molar-refractivity contribution in [2.45, 2.75) is 62.6 Å². The second-order valence-corrected chi connectivity index (χ2v) is 10.9. The third-order valence-electron chi connectivity index (χ3n) is 7.95. The van der Waals surface area contributed by atoms with E-state index in [2.05, 4.69) is 20.2 Å². The highest BCUT2D eigenvalue weighted by Gasteiger charge is 2.53. The largest absolute Gasteiger partial charge is 0.465 e. The van der Waals surface area contributed by atoms with Gasteiger partial charge >= 0.3 is 6.09 Å². The number of aromatic nitrogens is 2. The Kier molecular flexibility index (Phi) is 5.94. The number of fused-ring (bicyclic) bond motifs is 2. The standard InChI is InChI=1S/C26H29ClN6O4/c1-14-10-21(34)30-23-22(14)24(29-13-28-23)31-8-9-32(20-11-19(20)31)25(35)18(15-2-4-16(27)5-3-15)12-33(26(36)37)17-6-7-17/h2-5,13-14,17-20H,6-12H2,1H3,(H,36,37)(H,28,29,30,34)/t14-,18-,19+,20-/m1/s1. The summed E-state index contributed by atoms with van der Waals surface area (Å²) in [6.45, 7) is 3.27. The minimum atomic E-state index is -0.988. The number of carbonyl (C=O) groups is 3. The molecule has 3 amide bonds. The molecule has 0 radical (unpaired) electrons. The Morgan fingerprint density at radius 3 is 2.65 bits per heavy atom. The summed E-state index contributed by atoms with van der Waals surface area (Å²) >= 11 is 6.10. The van der Waals surface area contributed by atoms with E-state index in [-0.39, 0.29) is 42.4 Å². The van der Waals surface area contributed by atoms with Gasteiger partial charge in [-0.1, -0.05) is 30.7 Å². The van der Waals surface area contributed by atoms with Crippen LogP contribution in [0.3, 0.4) is 0 Å². The van der Waals surface area contributed by atoms with Gasteiger partial charge in [0.1, 0.15) is 18.0 Å². The van der Waals surface area contributed by atoms with E-state index in [1.54, 1.807) is 12.1 Å². The highest BCUT2D eigenvalue weighted by Crippen LogP contribution is 2.44. The van der Waals surface area contributed by atoms with Gasteiger partial charge in [-0.15, -0.1) is 0 Å². The molecular weight excluding hydrogens is 496 g/mol. The Morgan fingerprint density at radius 1 is 1.19 bits per heavy atom. The van der Waals surface area contributed by atoms with E-state index in [1.165, 1.54) is 11.2 Å². The monoisotopic (exact) mass is 524 g/mol. The van der Waals surface area contributed by atoms with Crippen molar-refractivity contribution >= 4 is 41.1 Å². The highest BCUT2D eigenvalue weighted by molar-refractivity contribution is 6.30. The number of benzene rings is 1. The van der Waals surface area contributed by atoms with Crippen molar-refractivity contribution in [2.24, 2.45) is 0 Å². The number of amides is 3. The Balaban J connectivity index is 1.24. The topological polar surface area (TPSA) is 119 Å². The summed E-state index contributed by atoms with van der Waals surface area (Å²) < 4.78 is 0. The molecule has 2 aliphatic carbocycles. The minimum Gasteiger partial charge on any atom is -0.465 e. The fourth-order valence-electron chi connectivity index (χ4n) is 5.84. The Labute approximate surface area is 219 Å². The number of piperazine rings is 1. The smallest absolute Gasteiger partial charge is 0.407 e. The van der Waals surface area contributed by atoms with E-state index < -0.39 is 12.0 Å². The van der Waals surface area contributed by atoms with Crippen LogP contribution in [0.4, 0.5) is 16.4 Å². The van der Waals surface area contributed by atoms with E-state index in [4.69, 9.17) is 11.6 Å². The van der Waals surface area contributed by atoms with Crippen molar-refractivity contribution in [3.8, 4) is 0 Å². The summed E-state index contributed by atoms with van der Waals surface area (Å²) in [5, 5.41) is 13.2. The molecule has 6 rings (SSSR count). The Bertz CT molecular complexity index is 1250. The zero-order valence-electron chi connectivity index (χ0n) is 20.5. The summed E-state index contributed by atoms with van der Waals surface area (Å²) in [5.74, 6) is 0.725. The third kappa shape index (κ3) is 4.47. The number of hydrogen-bond acceptors (Lipinski definition) is 6. The van der Waals surface area contributed by atoms with Gasteiger partial charge in [0, 0.05) is 42.7 Å².